The quantitative estimate of drug-likeness (QED) is 0.692. The average Bonchev–Trinajstić information content (AvgIpc) is 2.05. The van der Waals surface area contributed by atoms with Gasteiger partial charge in [0, 0.05) is 12.6 Å². The van der Waals surface area contributed by atoms with Gasteiger partial charge >= 0.3 is 6.09 Å². The lowest BCUT2D eigenvalue weighted by atomic mass is 9.99. The van der Waals surface area contributed by atoms with Gasteiger partial charge in [-0.25, -0.2) is 4.79 Å². The van der Waals surface area contributed by atoms with E-state index in [0.717, 1.165) is 32.2 Å². The summed E-state index contributed by atoms with van der Waals surface area (Å²) in [5.74, 6) is 0. The summed E-state index contributed by atoms with van der Waals surface area (Å²) < 4.78 is 0. The van der Waals surface area contributed by atoms with Gasteiger partial charge in [0.1, 0.15) is 0 Å². The van der Waals surface area contributed by atoms with Crippen LogP contribution in [0.1, 0.15) is 39.0 Å². The molecule has 1 amide bonds. The van der Waals surface area contributed by atoms with Crippen LogP contribution in [0.25, 0.3) is 0 Å². The van der Waals surface area contributed by atoms with E-state index in [9.17, 15) is 4.79 Å². The smallest absolute Gasteiger partial charge is 0.407 e. The van der Waals surface area contributed by atoms with Crippen molar-refractivity contribution in [2.75, 3.05) is 6.54 Å². The zero-order chi connectivity index (χ0) is 8.97. The largest absolute Gasteiger partial charge is 0.465 e. The van der Waals surface area contributed by atoms with Crippen molar-refractivity contribution in [3.63, 3.8) is 0 Å². The van der Waals surface area contributed by atoms with Gasteiger partial charge in [-0.3, -0.25) is 0 Å². The van der Waals surface area contributed by atoms with Gasteiger partial charge in [0.25, 0.3) is 0 Å². The molecule has 1 N–H and O–H groups in total. The Hall–Kier alpha value is -0.730. The Labute approximate surface area is 73.4 Å². The van der Waals surface area contributed by atoms with Crippen LogP contribution in [0.15, 0.2) is 0 Å². The summed E-state index contributed by atoms with van der Waals surface area (Å²) in [5.41, 5.74) is 0. The number of hydrogen-bond acceptors (Lipinski definition) is 1. The van der Waals surface area contributed by atoms with Crippen LogP contribution in [-0.2, 0) is 0 Å². The lowest BCUT2D eigenvalue weighted by Crippen LogP contribution is -2.42. The van der Waals surface area contributed by atoms with Crippen molar-refractivity contribution in [2.45, 2.75) is 45.1 Å². The van der Waals surface area contributed by atoms with Crippen molar-refractivity contribution in [2.24, 2.45) is 0 Å². The molecule has 70 valence electrons. The third-order valence-electron chi connectivity index (χ3n) is 2.49. The van der Waals surface area contributed by atoms with E-state index in [2.05, 4.69) is 6.92 Å². The Morgan fingerprint density at radius 2 is 2.33 bits per heavy atom. The highest BCUT2D eigenvalue weighted by Gasteiger charge is 2.24. The molecule has 0 aliphatic carbocycles. The van der Waals surface area contributed by atoms with Crippen LogP contribution in [-0.4, -0.2) is 28.7 Å². The third-order valence-corrected chi connectivity index (χ3v) is 2.49. The molecule has 1 saturated heterocycles. The molecule has 1 aliphatic rings. The first-order chi connectivity index (χ1) is 5.75. The van der Waals surface area contributed by atoms with Crippen LogP contribution < -0.4 is 0 Å². The maximum absolute atomic E-state index is 10.8. The summed E-state index contributed by atoms with van der Waals surface area (Å²) in [6.07, 6.45) is 4.63. The molecule has 0 spiro atoms. The van der Waals surface area contributed by atoms with Crippen LogP contribution in [0.5, 0.6) is 0 Å². The molecular weight excluding hydrogens is 154 g/mol. The normalized spacial score (nSPS) is 24.1. The maximum Gasteiger partial charge on any atom is 0.407 e. The minimum atomic E-state index is -0.742. The van der Waals surface area contributed by atoms with Crippen LogP contribution >= 0.6 is 0 Å². The lowest BCUT2D eigenvalue weighted by Gasteiger charge is -2.33. The monoisotopic (exact) mass is 171 g/mol. The van der Waals surface area contributed by atoms with Crippen molar-refractivity contribution in [1.29, 1.82) is 0 Å². The second-order valence-corrected chi connectivity index (χ2v) is 3.41. The fourth-order valence-electron chi connectivity index (χ4n) is 1.89. The Bertz CT molecular complexity index is 157. The molecule has 1 aliphatic heterocycles. The second-order valence-electron chi connectivity index (χ2n) is 3.41. The molecule has 1 heterocycles. The van der Waals surface area contributed by atoms with Crippen molar-refractivity contribution < 1.29 is 9.90 Å². The number of rotatable bonds is 2. The topological polar surface area (TPSA) is 40.5 Å². The third kappa shape index (κ3) is 2.13. The van der Waals surface area contributed by atoms with Crippen molar-refractivity contribution in [1.82, 2.24) is 4.90 Å². The maximum atomic E-state index is 10.8. The highest BCUT2D eigenvalue weighted by atomic mass is 16.4. The van der Waals surface area contributed by atoms with E-state index in [0.29, 0.717) is 6.04 Å². The molecule has 3 nitrogen and oxygen atoms in total. The molecule has 0 saturated carbocycles. The molecule has 0 unspecified atom stereocenters. The van der Waals surface area contributed by atoms with Crippen molar-refractivity contribution in [3.8, 4) is 0 Å². The molecule has 0 aromatic carbocycles. The molecule has 0 bridgehead atoms. The van der Waals surface area contributed by atoms with E-state index in [4.69, 9.17) is 5.11 Å². The summed E-state index contributed by atoms with van der Waals surface area (Å²) in [6.45, 7) is 2.84. The van der Waals surface area contributed by atoms with Gasteiger partial charge < -0.3 is 10.0 Å². The van der Waals surface area contributed by atoms with Gasteiger partial charge in [0.05, 0.1) is 0 Å². The van der Waals surface area contributed by atoms with E-state index in [1.54, 1.807) is 4.90 Å². The Kier molecular flexibility index (Phi) is 3.38. The van der Waals surface area contributed by atoms with E-state index in [-0.39, 0.29) is 0 Å². The molecule has 1 fully saturated rings. The summed E-state index contributed by atoms with van der Waals surface area (Å²) in [5, 5.41) is 8.86. The average molecular weight is 171 g/mol. The second kappa shape index (κ2) is 4.33. The molecule has 3 heteroatoms. The number of carbonyl (C=O) groups is 1. The molecular formula is C9H17NO2. The lowest BCUT2D eigenvalue weighted by molar-refractivity contribution is 0.103. The van der Waals surface area contributed by atoms with Gasteiger partial charge in [-0.15, -0.1) is 0 Å². The first-order valence-corrected chi connectivity index (χ1v) is 4.75. The van der Waals surface area contributed by atoms with Crippen LogP contribution in [0.3, 0.4) is 0 Å². The van der Waals surface area contributed by atoms with Gasteiger partial charge in [0.2, 0.25) is 0 Å². The Morgan fingerprint density at radius 3 is 2.92 bits per heavy atom. The molecule has 0 radical (unpaired) electrons. The standard InChI is InChI=1S/C9H17NO2/c1-2-5-8-6-3-4-7-10(8)9(11)12/h8H,2-7H2,1H3,(H,11,12)/t8-/m1/s1. The van der Waals surface area contributed by atoms with Crippen molar-refractivity contribution in [3.05, 3.63) is 0 Å². The molecule has 1 atom stereocenters. The minimum Gasteiger partial charge on any atom is -0.465 e. The summed E-state index contributed by atoms with van der Waals surface area (Å²) >= 11 is 0. The number of likely N-dealkylation sites (tertiary alicyclic amines) is 1. The van der Waals surface area contributed by atoms with Crippen LogP contribution in [0, 0.1) is 0 Å². The number of piperidine rings is 1. The molecule has 0 aromatic heterocycles. The summed E-state index contributed by atoms with van der Waals surface area (Å²) in [6, 6.07) is 0.293. The van der Waals surface area contributed by atoms with Gasteiger partial charge in [-0.1, -0.05) is 13.3 Å². The number of amides is 1. The first-order valence-electron chi connectivity index (χ1n) is 4.75. The molecule has 1 rings (SSSR count). The zero-order valence-corrected chi connectivity index (χ0v) is 7.62. The summed E-state index contributed by atoms with van der Waals surface area (Å²) in [7, 11) is 0. The highest BCUT2D eigenvalue weighted by Crippen LogP contribution is 2.20. The number of nitrogens with zero attached hydrogens (tertiary/aromatic N) is 1. The Balaban J connectivity index is 2.48. The minimum absolute atomic E-state index is 0.293. The molecule has 12 heavy (non-hydrogen) atoms. The SMILES string of the molecule is CCC[C@@H]1CCCCN1C(=O)O. The fraction of sp³-hybridized carbons (Fsp3) is 0.889. The highest BCUT2D eigenvalue weighted by molar-refractivity contribution is 5.65. The zero-order valence-electron chi connectivity index (χ0n) is 7.62. The predicted octanol–water partition coefficient (Wildman–Crippen LogP) is 2.32. The first kappa shape index (κ1) is 9.36. The Morgan fingerprint density at radius 1 is 1.58 bits per heavy atom. The number of carboxylic acid groups (broad SMARTS) is 1. The van der Waals surface area contributed by atoms with E-state index in [1.807, 2.05) is 0 Å². The van der Waals surface area contributed by atoms with Crippen molar-refractivity contribution >= 4 is 6.09 Å². The van der Waals surface area contributed by atoms with E-state index in [1.165, 1.54) is 6.42 Å². The fourth-order valence-corrected chi connectivity index (χ4v) is 1.89. The van der Waals surface area contributed by atoms with Crippen LogP contribution in [0.2, 0.25) is 0 Å². The van der Waals surface area contributed by atoms with Gasteiger partial charge in [-0.05, 0) is 25.7 Å². The molecule has 0 aromatic rings. The number of hydrogen-bond donors (Lipinski definition) is 1. The van der Waals surface area contributed by atoms with E-state index >= 15 is 0 Å². The van der Waals surface area contributed by atoms with Gasteiger partial charge in [0.15, 0.2) is 0 Å². The summed E-state index contributed by atoms with van der Waals surface area (Å²) in [4.78, 5) is 12.4. The van der Waals surface area contributed by atoms with E-state index < -0.39 is 6.09 Å². The predicted molar refractivity (Wildman–Crippen MR) is 47.3 cm³/mol. The van der Waals surface area contributed by atoms with Crippen LogP contribution in [0.4, 0.5) is 4.79 Å². The van der Waals surface area contributed by atoms with Gasteiger partial charge in [-0.2, -0.15) is 0 Å².